The summed E-state index contributed by atoms with van der Waals surface area (Å²) in [7, 11) is 0. The molecule has 1 nitrogen and oxygen atoms in total. The summed E-state index contributed by atoms with van der Waals surface area (Å²) < 4.78 is 0. The van der Waals surface area contributed by atoms with Crippen molar-refractivity contribution >= 4 is 0 Å². The van der Waals surface area contributed by atoms with Crippen LogP contribution >= 0.6 is 0 Å². The third kappa shape index (κ3) is 9.28. The van der Waals surface area contributed by atoms with Gasteiger partial charge >= 0.3 is 0 Å². The molecule has 0 aliphatic heterocycles. The molecule has 0 heterocycles. The molecule has 0 amide bonds. The van der Waals surface area contributed by atoms with Crippen LogP contribution in [0.4, 0.5) is 0 Å². The maximum atomic E-state index is 9.90. The van der Waals surface area contributed by atoms with Gasteiger partial charge in [0.05, 0.1) is 0 Å². The van der Waals surface area contributed by atoms with E-state index in [0.29, 0.717) is 0 Å². The molecule has 0 bridgehead atoms. The van der Waals surface area contributed by atoms with Gasteiger partial charge in [-0.15, -0.1) is 0 Å². The van der Waals surface area contributed by atoms with Gasteiger partial charge in [0.1, 0.15) is 6.26 Å². The second kappa shape index (κ2) is 10.3. The minimum Gasteiger partial charge on any atom is -0.299 e. The van der Waals surface area contributed by atoms with Gasteiger partial charge < -0.3 is 0 Å². The monoisotopic (exact) mass is 167 g/mol. The van der Waals surface area contributed by atoms with Crippen LogP contribution in [0.2, 0.25) is 0 Å². The summed E-state index contributed by atoms with van der Waals surface area (Å²) in [6.45, 7) is 2.21. The van der Waals surface area contributed by atoms with Crippen molar-refractivity contribution in [2.75, 3.05) is 0 Å². The Hall–Kier alpha value is -0.720. The summed E-state index contributed by atoms with van der Waals surface area (Å²) in [4.78, 5) is 0. The fourth-order valence-corrected chi connectivity index (χ4v) is 1.01. The molecule has 69 valence electrons. The topological polar surface area (TPSA) is 19.9 Å². The molecule has 0 saturated heterocycles. The van der Waals surface area contributed by atoms with Crippen molar-refractivity contribution in [3.63, 3.8) is 0 Å². The van der Waals surface area contributed by atoms with Crippen molar-refractivity contribution in [3.8, 4) is 0 Å². The number of unbranched alkanes of at least 4 members (excludes halogenated alkanes) is 4. The van der Waals surface area contributed by atoms with Crippen LogP contribution < -0.4 is 0 Å². The Morgan fingerprint density at radius 3 is 2.25 bits per heavy atom. The van der Waals surface area contributed by atoms with Crippen molar-refractivity contribution in [1.82, 2.24) is 0 Å². The van der Waals surface area contributed by atoms with E-state index in [4.69, 9.17) is 0 Å². The Kier molecular flexibility index (Phi) is 9.66. The average molecular weight is 167 g/mol. The van der Waals surface area contributed by atoms with Crippen molar-refractivity contribution in [1.29, 1.82) is 0 Å². The van der Waals surface area contributed by atoms with Gasteiger partial charge in [-0.1, -0.05) is 31.9 Å². The van der Waals surface area contributed by atoms with E-state index in [1.807, 2.05) is 0 Å². The minimum absolute atomic E-state index is 0.866. The number of hydrogen-bond acceptors (Lipinski definition) is 0. The van der Waals surface area contributed by atoms with Crippen molar-refractivity contribution in [3.05, 3.63) is 24.5 Å². The third-order valence-electron chi connectivity index (χ3n) is 1.74. The summed E-state index contributed by atoms with van der Waals surface area (Å²) in [5.41, 5.74) is 0. The van der Waals surface area contributed by atoms with Crippen LogP contribution in [-0.4, -0.2) is 0 Å². The van der Waals surface area contributed by atoms with Crippen LogP contribution in [0.1, 0.15) is 45.4 Å². The molecular formula is C11H19O. The molecule has 0 aliphatic carbocycles. The second-order valence-corrected chi connectivity index (χ2v) is 2.92. The first-order valence-electron chi connectivity index (χ1n) is 4.83. The van der Waals surface area contributed by atoms with Crippen molar-refractivity contribution in [2.24, 2.45) is 0 Å². The molecular weight excluding hydrogens is 148 g/mol. The molecule has 0 atom stereocenters. The largest absolute Gasteiger partial charge is 0.299 e. The first-order chi connectivity index (χ1) is 5.91. The Morgan fingerprint density at radius 1 is 0.917 bits per heavy atom. The molecule has 0 N–H and O–H groups in total. The fraction of sp³-hybridized carbons (Fsp3) is 0.636. The summed E-state index contributed by atoms with van der Waals surface area (Å²) in [6.07, 6.45) is 13.9. The molecule has 0 rings (SSSR count). The van der Waals surface area contributed by atoms with Crippen LogP contribution in [-0.2, 0) is 5.11 Å². The molecule has 0 unspecified atom stereocenters. The number of hydrogen-bond donors (Lipinski definition) is 0. The highest BCUT2D eigenvalue weighted by Crippen LogP contribution is 2.01. The lowest BCUT2D eigenvalue weighted by atomic mass is 10.2. The molecule has 0 spiro atoms. The summed E-state index contributed by atoms with van der Waals surface area (Å²) >= 11 is 0. The standard InChI is InChI=1S/C11H19O/c1-2-3-4-5-6-7-8-9-10-11-12/h6-7,10-11H,2-5,8-9H2,1H3/b7-6+,11-10+. The molecule has 0 saturated carbocycles. The van der Waals surface area contributed by atoms with Crippen LogP contribution in [0.5, 0.6) is 0 Å². The number of allylic oxidation sites excluding steroid dienone is 3. The minimum atomic E-state index is 0.866. The Morgan fingerprint density at radius 2 is 1.58 bits per heavy atom. The first kappa shape index (κ1) is 11.3. The molecule has 1 heteroatoms. The molecule has 12 heavy (non-hydrogen) atoms. The van der Waals surface area contributed by atoms with Gasteiger partial charge in [0, 0.05) is 0 Å². The van der Waals surface area contributed by atoms with Crippen molar-refractivity contribution < 1.29 is 5.11 Å². The van der Waals surface area contributed by atoms with Gasteiger partial charge in [-0.05, 0) is 31.8 Å². The summed E-state index contributed by atoms with van der Waals surface area (Å²) in [5.74, 6) is 0. The second-order valence-electron chi connectivity index (χ2n) is 2.92. The summed E-state index contributed by atoms with van der Waals surface area (Å²) in [5, 5.41) is 9.90. The lowest BCUT2D eigenvalue weighted by Crippen LogP contribution is -1.71. The smallest absolute Gasteiger partial charge is 0.138 e. The maximum absolute atomic E-state index is 9.90. The SMILES string of the molecule is CCCCC/C=C/CC/C=C/[O]. The first-order valence-corrected chi connectivity index (χ1v) is 4.83. The predicted octanol–water partition coefficient (Wildman–Crippen LogP) is 3.85. The normalized spacial score (nSPS) is 11.8. The van der Waals surface area contributed by atoms with Crippen LogP contribution in [0, 0.1) is 0 Å². The molecule has 0 aromatic carbocycles. The van der Waals surface area contributed by atoms with E-state index in [1.165, 1.54) is 25.7 Å². The molecule has 0 fully saturated rings. The van der Waals surface area contributed by atoms with E-state index in [0.717, 1.165) is 19.1 Å². The van der Waals surface area contributed by atoms with E-state index >= 15 is 0 Å². The highest BCUT2D eigenvalue weighted by Gasteiger charge is 1.81. The van der Waals surface area contributed by atoms with E-state index in [-0.39, 0.29) is 0 Å². The average Bonchev–Trinajstić information content (AvgIpc) is 2.10. The van der Waals surface area contributed by atoms with E-state index in [2.05, 4.69) is 19.1 Å². The van der Waals surface area contributed by atoms with Gasteiger partial charge in [0.2, 0.25) is 0 Å². The molecule has 1 radical (unpaired) electrons. The van der Waals surface area contributed by atoms with Crippen LogP contribution in [0.3, 0.4) is 0 Å². The zero-order valence-corrected chi connectivity index (χ0v) is 7.96. The van der Waals surface area contributed by atoms with Gasteiger partial charge in [-0.25, -0.2) is 0 Å². The van der Waals surface area contributed by atoms with Crippen LogP contribution in [0.15, 0.2) is 24.5 Å². The summed E-state index contributed by atoms with van der Waals surface area (Å²) in [6, 6.07) is 0. The Labute approximate surface area is 75.8 Å². The van der Waals surface area contributed by atoms with Gasteiger partial charge in [0.15, 0.2) is 0 Å². The van der Waals surface area contributed by atoms with Gasteiger partial charge in [-0.3, -0.25) is 5.11 Å². The van der Waals surface area contributed by atoms with Gasteiger partial charge in [0.25, 0.3) is 0 Å². The third-order valence-corrected chi connectivity index (χ3v) is 1.74. The highest BCUT2D eigenvalue weighted by atomic mass is 16.2. The lowest BCUT2D eigenvalue weighted by Gasteiger charge is -1.91. The quantitative estimate of drug-likeness (QED) is 0.312. The lowest BCUT2D eigenvalue weighted by molar-refractivity contribution is 0.350. The maximum Gasteiger partial charge on any atom is 0.138 e. The van der Waals surface area contributed by atoms with E-state index < -0.39 is 0 Å². The molecule has 0 aromatic heterocycles. The van der Waals surface area contributed by atoms with Crippen LogP contribution in [0.25, 0.3) is 0 Å². The predicted molar refractivity (Wildman–Crippen MR) is 52.3 cm³/mol. The van der Waals surface area contributed by atoms with E-state index in [1.54, 1.807) is 6.08 Å². The molecule has 0 aliphatic rings. The fourth-order valence-electron chi connectivity index (χ4n) is 1.01. The Balaban J connectivity index is 3.03. The highest BCUT2D eigenvalue weighted by molar-refractivity contribution is 4.84. The van der Waals surface area contributed by atoms with E-state index in [9.17, 15) is 5.11 Å². The van der Waals surface area contributed by atoms with Gasteiger partial charge in [-0.2, -0.15) is 0 Å². The Bertz CT molecular complexity index is 125. The van der Waals surface area contributed by atoms with Crippen molar-refractivity contribution in [2.45, 2.75) is 45.4 Å². The molecule has 0 aromatic rings. The zero-order chi connectivity index (χ0) is 9.07. The number of rotatable bonds is 7. The zero-order valence-electron chi connectivity index (χ0n) is 7.96.